The van der Waals surface area contributed by atoms with Crippen LogP contribution in [0.2, 0.25) is 0 Å². The molecule has 0 aliphatic carbocycles. The lowest BCUT2D eigenvalue weighted by Crippen LogP contribution is -2.15. The maximum Gasteiger partial charge on any atom is 0.0893 e. The van der Waals surface area contributed by atoms with Crippen molar-refractivity contribution in [2.45, 2.75) is 59.3 Å². The molecule has 0 N–H and O–H groups in total. The normalized spacial score (nSPS) is 13.0. The minimum atomic E-state index is 0.0395. The highest BCUT2D eigenvalue weighted by molar-refractivity contribution is 5.76. The maximum atomic E-state index is 4.77. The molecule has 0 spiro atoms. The summed E-state index contributed by atoms with van der Waals surface area (Å²) in [7, 11) is 0. The molecular weight excluding hydrogens is 232 g/mol. The minimum Gasteiger partial charge on any atom is -0.253 e. The van der Waals surface area contributed by atoms with Gasteiger partial charge in [-0.15, -0.1) is 0 Å². The lowest BCUT2D eigenvalue weighted by molar-refractivity contribution is 0.568. The van der Waals surface area contributed by atoms with Gasteiger partial charge in [-0.25, -0.2) is 4.98 Å². The van der Waals surface area contributed by atoms with Gasteiger partial charge in [0.25, 0.3) is 0 Å². The average molecular weight is 256 g/mol. The zero-order chi connectivity index (χ0) is 14.4. The smallest absolute Gasteiger partial charge is 0.0893 e. The van der Waals surface area contributed by atoms with Gasteiger partial charge in [-0.2, -0.15) is 0 Å². The Hall–Kier alpha value is -1.44. The fourth-order valence-corrected chi connectivity index (χ4v) is 2.33. The molecule has 0 saturated carbocycles. The number of hydrogen-bond acceptors (Lipinski definition) is 2. The van der Waals surface area contributed by atoms with Crippen molar-refractivity contribution in [3.63, 3.8) is 0 Å². The van der Waals surface area contributed by atoms with Crippen molar-refractivity contribution in [2.24, 2.45) is 0 Å². The van der Waals surface area contributed by atoms with Crippen LogP contribution in [0.25, 0.3) is 11.0 Å². The highest BCUT2D eigenvalue weighted by atomic mass is 14.8. The fraction of sp³-hybridized carbons (Fsp3) is 0.529. The highest BCUT2D eigenvalue weighted by Gasteiger charge is 2.19. The van der Waals surface area contributed by atoms with E-state index in [0.717, 1.165) is 16.7 Å². The zero-order valence-electron chi connectivity index (χ0n) is 13.1. The molecule has 102 valence electrons. The molecule has 0 unspecified atom stereocenters. The van der Waals surface area contributed by atoms with Crippen LogP contribution in [0.1, 0.15) is 58.4 Å². The summed E-state index contributed by atoms with van der Waals surface area (Å²) in [5.41, 5.74) is 5.85. The van der Waals surface area contributed by atoms with E-state index >= 15 is 0 Å². The van der Waals surface area contributed by atoms with E-state index < -0.39 is 0 Å². The molecule has 0 radical (unpaired) electrons. The molecule has 0 aliphatic rings. The van der Waals surface area contributed by atoms with Crippen LogP contribution in [-0.2, 0) is 10.8 Å². The van der Waals surface area contributed by atoms with Gasteiger partial charge in [0, 0.05) is 11.6 Å². The average Bonchev–Trinajstić information content (AvgIpc) is 2.24. The number of rotatable bonds is 0. The summed E-state index contributed by atoms with van der Waals surface area (Å²) in [5.74, 6) is 0. The Morgan fingerprint density at radius 3 is 2.00 bits per heavy atom. The molecule has 0 fully saturated rings. The molecule has 2 nitrogen and oxygen atoms in total. The number of aryl methyl sites for hydroxylation is 1. The van der Waals surface area contributed by atoms with Crippen LogP contribution in [0.4, 0.5) is 0 Å². The van der Waals surface area contributed by atoms with E-state index in [0.29, 0.717) is 0 Å². The van der Waals surface area contributed by atoms with Gasteiger partial charge in [-0.1, -0.05) is 41.5 Å². The van der Waals surface area contributed by atoms with E-state index in [1.54, 1.807) is 0 Å². The van der Waals surface area contributed by atoms with Gasteiger partial charge in [-0.3, -0.25) is 4.98 Å². The van der Waals surface area contributed by atoms with Gasteiger partial charge in [0.2, 0.25) is 0 Å². The molecule has 2 heteroatoms. The second kappa shape index (κ2) is 4.29. The molecule has 1 heterocycles. The molecule has 1 aromatic heterocycles. The third-order valence-corrected chi connectivity index (χ3v) is 3.46. The van der Waals surface area contributed by atoms with Crippen LogP contribution >= 0.6 is 0 Å². The van der Waals surface area contributed by atoms with E-state index in [1.807, 2.05) is 6.20 Å². The predicted octanol–water partition coefficient (Wildman–Crippen LogP) is 4.53. The molecule has 19 heavy (non-hydrogen) atoms. The van der Waals surface area contributed by atoms with Gasteiger partial charge >= 0.3 is 0 Å². The second-order valence-electron chi connectivity index (χ2n) is 7.41. The van der Waals surface area contributed by atoms with Gasteiger partial charge < -0.3 is 0 Å². The lowest BCUT2D eigenvalue weighted by atomic mass is 9.84. The number of hydrogen-bond donors (Lipinski definition) is 0. The van der Waals surface area contributed by atoms with Gasteiger partial charge in [0.1, 0.15) is 0 Å². The van der Waals surface area contributed by atoms with Crippen molar-refractivity contribution in [1.29, 1.82) is 0 Å². The van der Waals surface area contributed by atoms with E-state index in [4.69, 9.17) is 4.98 Å². The Morgan fingerprint density at radius 1 is 0.842 bits per heavy atom. The third-order valence-electron chi connectivity index (χ3n) is 3.46. The first-order valence-electron chi connectivity index (χ1n) is 6.87. The Kier molecular flexibility index (Phi) is 3.16. The first kappa shape index (κ1) is 14.0. The van der Waals surface area contributed by atoms with E-state index in [9.17, 15) is 0 Å². The number of fused-ring (bicyclic) bond motifs is 1. The monoisotopic (exact) mass is 256 g/mol. The first-order valence-corrected chi connectivity index (χ1v) is 6.87. The molecule has 0 amide bonds. The number of aromatic nitrogens is 2. The standard InChI is InChI=1S/C17H24N2/c1-11-8-14-13(9-12(11)16(2,3)4)18-10-15(19-14)17(5,6)7/h8-10H,1-7H3. The van der Waals surface area contributed by atoms with Crippen LogP contribution in [0.3, 0.4) is 0 Å². The Bertz CT molecular complexity index is 613. The first-order chi connectivity index (χ1) is 8.59. The van der Waals surface area contributed by atoms with Gasteiger partial charge in [0.15, 0.2) is 0 Å². The Labute approximate surface area is 116 Å². The molecule has 2 aromatic rings. The van der Waals surface area contributed by atoms with Gasteiger partial charge in [0.05, 0.1) is 16.7 Å². The fourth-order valence-electron chi connectivity index (χ4n) is 2.33. The van der Waals surface area contributed by atoms with Crippen molar-refractivity contribution in [2.75, 3.05) is 0 Å². The van der Waals surface area contributed by atoms with Crippen molar-refractivity contribution < 1.29 is 0 Å². The molecule has 0 bridgehead atoms. The van der Waals surface area contributed by atoms with E-state index in [2.05, 4.69) is 65.6 Å². The molecule has 2 rings (SSSR count). The number of nitrogens with zero attached hydrogens (tertiary/aromatic N) is 2. The summed E-state index contributed by atoms with van der Waals surface area (Å²) in [6, 6.07) is 4.35. The number of benzene rings is 1. The maximum absolute atomic E-state index is 4.77. The minimum absolute atomic E-state index is 0.0395. The highest BCUT2D eigenvalue weighted by Crippen LogP contribution is 2.29. The van der Waals surface area contributed by atoms with Crippen LogP contribution < -0.4 is 0 Å². The quantitative estimate of drug-likeness (QED) is 0.692. The van der Waals surface area contributed by atoms with Crippen molar-refractivity contribution in [3.8, 4) is 0 Å². The largest absolute Gasteiger partial charge is 0.253 e. The predicted molar refractivity (Wildman–Crippen MR) is 81.7 cm³/mol. The van der Waals surface area contributed by atoms with Crippen LogP contribution in [-0.4, -0.2) is 9.97 Å². The molecule has 0 aliphatic heterocycles. The van der Waals surface area contributed by atoms with Crippen LogP contribution in [0, 0.1) is 6.92 Å². The van der Waals surface area contributed by atoms with Gasteiger partial charge in [-0.05, 0) is 35.6 Å². The molecule has 0 saturated heterocycles. The Morgan fingerprint density at radius 2 is 1.47 bits per heavy atom. The van der Waals surface area contributed by atoms with E-state index in [-0.39, 0.29) is 10.8 Å². The Balaban J connectivity index is 2.65. The lowest BCUT2D eigenvalue weighted by Gasteiger charge is -2.23. The topological polar surface area (TPSA) is 25.8 Å². The summed E-state index contributed by atoms with van der Waals surface area (Å²) in [5, 5.41) is 0. The van der Waals surface area contributed by atoms with Crippen LogP contribution in [0.5, 0.6) is 0 Å². The summed E-state index contributed by atoms with van der Waals surface area (Å²) >= 11 is 0. The van der Waals surface area contributed by atoms with Crippen molar-refractivity contribution in [1.82, 2.24) is 9.97 Å². The summed E-state index contributed by atoms with van der Waals surface area (Å²) in [6.45, 7) is 15.4. The van der Waals surface area contributed by atoms with Crippen molar-refractivity contribution in [3.05, 3.63) is 35.2 Å². The SMILES string of the molecule is Cc1cc2nc(C(C)(C)C)cnc2cc1C(C)(C)C. The van der Waals surface area contributed by atoms with Crippen LogP contribution in [0.15, 0.2) is 18.3 Å². The summed E-state index contributed by atoms with van der Waals surface area (Å²) in [4.78, 5) is 9.37. The summed E-state index contributed by atoms with van der Waals surface area (Å²) in [6.07, 6.45) is 1.91. The second-order valence-corrected chi connectivity index (χ2v) is 7.41. The molecule has 0 atom stereocenters. The molecular formula is C17H24N2. The summed E-state index contributed by atoms with van der Waals surface area (Å²) < 4.78 is 0. The van der Waals surface area contributed by atoms with Crippen molar-refractivity contribution >= 4 is 11.0 Å². The third kappa shape index (κ3) is 2.78. The zero-order valence-corrected chi connectivity index (χ0v) is 13.1. The molecule has 1 aromatic carbocycles. The van der Waals surface area contributed by atoms with E-state index in [1.165, 1.54) is 11.1 Å².